The van der Waals surface area contributed by atoms with Gasteiger partial charge in [0.1, 0.15) is 0 Å². The molecule has 0 rings (SSSR count). The van der Waals surface area contributed by atoms with Crippen LogP contribution in [-0.2, 0) is 9.59 Å². The lowest BCUT2D eigenvalue weighted by Gasteiger charge is -2.21. The number of nitrogens with one attached hydrogen (secondary N) is 3. The number of carbonyl (C=O) groups is 2. The number of unbranched alkanes of at least 4 members (excludes halogenated alkanes) is 26. The number of amides is 2. The van der Waals surface area contributed by atoms with Crippen molar-refractivity contribution in [2.75, 3.05) is 65.4 Å². The van der Waals surface area contributed by atoms with E-state index in [1.54, 1.807) is 0 Å². The first-order chi connectivity index (χ1) is 27.5. The predicted molar refractivity (Wildman–Crippen MR) is 246 cm³/mol. The lowest BCUT2D eigenvalue weighted by atomic mass is 10.1. The highest BCUT2D eigenvalue weighted by atomic mass is 16.2. The first kappa shape index (κ1) is 56.8. The zero-order valence-electron chi connectivity index (χ0n) is 37.9. The molecular weight excluding hydrogens is 695 g/mol. The van der Waals surface area contributed by atoms with Gasteiger partial charge in [-0.15, -0.1) is 0 Å². The summed E-state index contributed by atoms with van der Waals surface area (Å²) in [5, 5.41) is 9.62. The first-order valence-corrected chi connectivity index (χ1v) is 24.6. The zero-order chi connectivity index (χ0) is 41.3. The Kier molecular flexibility index (Phi) is 52.5. The van der Waals surface area contributed by atoms with Gasteiger partial charge >= 0.3 is 0 Å². The van der Waals surface area contributed by atoms with E-state index in [9.17, 15) is 9.59 Å². The third-order valence-electron chi connectivity index (χ3n) is 10.8. The maximum Gasteiger partial charge on any atom is 0.221 e. The van der Waals surface area contributed by atoms with Crippen molar-refractivity contribution in [3.8, 4) is 0 Å². The molecule has 0 saturated carbocycles. The molecule has 0 unspecified atom stereocenters. The molecule has 9 nitrogen and oxygen atoms in total. The molecular formula is C47H101N7O2. The van der Waals surface area contributed by atoms with E-state index < -0.39 is 0 Å². The Morgan fingerprint density at radius 3 is 1.14 bits per heavy atom. The van der Waals surface area contributed by atoms with Crippen molar-refractivity contribution in [2.45, 2.75) is 226 Å². The number of hydrogen-bond acceptors (Lipinski definition) is 7. The average molecular weight is 796 g/mol. The summed E-state index contributed by atoms with van der Waals surface area (Å²) in [7, 11) is 0. The second kappa shape index (κ2) is 51.8. The molecule has 56 heavy (non-hydrogen) atoms. The van der Waals surface area contributed by atoms with Crippen molar-refractivity contribution in [1.29, 1.82) is 0 Å². The molecule has 0 heterocycles. The summed E-state index contributed by atoms with van der Waals surface area (Å²) in [6, 6.07) is 0. The summed E-state index contributed by atoms with van der Waals surface area (Å²) in [5.74, 6) is 0.415. The first-order valence-electron chi connectivity index (χ1n) is 24.6. The van der Waals surface area contributed by atoms with Crippen LogP contribution in [-0.4, -0.2) is 82.2 Å². The topological polar surface area (TPSA) is 152 Å². The van der Waals surface area contributed by atoms with E-state index in [4.69, 9.17) is 17.2 Å². The van der Waals surface area contributed by atoms with Gasteiger partial charge in [-0.25, -0.2) is 0 Å². The standard InChI is InChI=1S/C24H51N3O.C23H50N4O/c1-2-3-4-5-6-7-8-9-10-11-18-23-27-24(28)19-14-12-16-21-26-22-17-13-15-20-25;1-2-3-4-5-6-7-8-9-10-11-14-19-26-23(28)16-21-27(22-18-25)20-15-12-13-17-24/h26H,2-23,25H2,1H3,(H,27,28);2-22,24-25H2,1H3,(H,26,28). The third kappa shape index (κ3) is 50.8. The summed E-state index contributed by atoms with van der Waals surface area (Å²) < 4.78 is 0. The number of nitrogens with zero attached hydrogens (tertiary/aromatic N) is 1. The molecule has 0 saturated heterocycles. The Bertz CT molecular complexity index is 758. The summed E-state index contributed by atoms with van der Waals surface area (Å²) in [6.07, 6.45) is 41.1. The van der Waals surface area contributed by atoms with Crippen molar-refractivity contribution >= 4 is 11.8 Å². The van der Waals surface area contributed by atoms with Crippen LogP contribution >= 0.6 is 0 Å². The van der Waals surface area contributed by atoms with Crippen molar-refractivity contribution in [3.05, 3.63) is 0 Å². The van der Waals surface area contributed by atoms with Gasteiger partial charge in [0, 0.05) is 45.6 Å². The predicted octanol–water partition coefficient (Wildman–Crippen LogP) is 9.89. The Morgan fingerprint density at radius 2 is 0.714 bits per heavy atom. The average Bonchev–Trinajstić information content (AvgIpc) is 3.20. The van der Waals surface area contributed by atoms with Crippen molar-refractivity contribution in [2.24, 2.45) is 17.2 Å². The maximum atomic E-state index is 12.0. The van der Waals surface area contributed by atoms with Gasteiger partial charge in [0.2, 0.25) is 11.8 Å². The van der Waals surface area contributed by atoms with Gasteiger partial charge in [-0.2, -0.15) is 0 Å². The molecule has 0 aliphatic heterocycles. The molecule has 9 heteroatoms. The molecule has 0 aromatic heterocycles. The summed E-state index contributed by atoms with van der Waals surface area (Å²) in [5.41, 5.74) is 16.7. The van der Waals surface area contributed by atoms with Gasteiger partial charge in [0.15, 0.2) is 0 Å². The maximum absolute atomic E-state index is 12.0. The Balaban J connectivity index is 0. The molecule has 336 valence electrons. The van der Waals surface area contributed by atoms with E-state index in [1.807, 2.05) is 0 Å². The van der Waals surface area contributed by atoms with Gasteiger partial charge < -0.3 is 38.1 Å². The fraction of sp³-hybridized carbons (Fsp3) is 0.957. The number of carbonyl (C=O) groups excluding carboxylic acids is 2. The molecule has 0 radical (unpaired) electrons. The SMILES string of the molecule is CCCCCCCCCCCCCNC(=O)CCCCCNCCCCCN.CCCCCCCCCCCCCNC(=O)CCN(CCN)CCCCCN. The van der Waals surface area contributed by atoms with E-state index in [2.05, 4.69) is 34.7 Å². The molecule has 0 fully saturated rings. The van der Waals surface area contributed by atoms with Gasteiger partial charge in [0.25, 0.3) is 0 Å². The molecule has 0 aromatic rings. The Hall–Kier alpha value is -1.26. The number of rotatable bonds is 45. The van der Waals surface area contributed by atoms with Crippen LogP contribution in [0.25, 0.3) is 0 Å². The molecule has 0 aliphatic rings. The van der Waals surface area contributed by atoms with E-state index in [-0.39, 0.29) is 11.8 Å². The van der Waals surface area contributed by atoms with Crippen LogP contribution in [0.3, 0.4) is 0 Å². The van der Waals surface area contributed by atoms with Crippen molar-refractivity contribution < 1.29 is 9.59 Å². The summed E-state index contributed by atoms with van der Waals surface area (Å²) in [4.78, 5) is 26.2. The van der Waals surface area contributed by atoms with Crippen LogP contribution in [0.1, 0.15) is 226 Å². The molecule has 0 aliphatic carbocycles. The second-order valence-corrected chi connectivity index (χ2v) is 16.4. The summed E-state index contributed by atoms with van der Waals surface area (Å²) >= 11 is 0. The second-order valence-electron chi connectivity index (χ2n) is 16.4. The molecule has 2 amide bonds. The number of nitrogens with two attached hydrogens (primary N) is 3. The lowest BCUT2D eigenvalue weighted by Crippen LogP contribution is -2.35. The van der Waals surface area contributed by atoms with Crippen LogP contribution in [0.15, 0.2) is 0 Å². The van der Waals surface area contributed by atoms with E-state index in [0.29, 0.717) is 19.4 Å². The summed E-state index contributed by atoms with van der Waals surface area (Å²) in [6.45, 7) is 13.3. The smallest absolute Gasteiger partial charge is 0.221 e. The molecule has 0 spiro atoms. The van der Waals surface area contributed by atoms with Gasteiger partial charge in [0.05, 0.1) is 0 Å². The molecule has 0 atom stereocenters. The van der Waals surface area contributed by atoms with Crippen molar-refractivity contribution in [3.63, 3.8) is 0 Å². The van der Waals surface area contributed by atoms with Crippen LogP contribution in [0, 0.1) is 0 Å². The van der Waals surface area contributed by atoms with Crippen LogP contribution in [0.5, 0.6) is 0 Å². The minimum Gasteiger partial charge on any atom is -0.356 e. The highest BCUT2D eigenvalue weighted by Gasteiger charge is 2.08. The van der Waals surface area contributed by atoms with Gasteiger partial charge in [-0.1, -0.05) is 162 Å². The minimum atomic E-state index is 0.177. The highest BCUT2D eigenvalue weighted by Crippen LogP contribution is 2.12. The Labute approximate surface area is 349 Å². The van der Waals surface area contributed by atoms with Gasteiger partial charge in [-0.05, 0) is 84.1 Å². The van der Waals surface area contributed by atoms with E-state index in [0.717, 1.165) is 110 Å². The van der Waals surface area contributed by atoms with Crippen LogP contribution < -0.4 is 33.2 Å². The Morgan fingerprint density at radius 1 is 0.357 bits per heavy atom. The van der Waals surface area contributed by atoms with E-state index >= 15 is 0 Å². The fourth-order valence-electron chi connectivity index (χ4n) is 7.05. The highest BCUT2D eigenvalue weighted by molar-refractivity contribution is 5.76. The monoisotopic (exact) mass is 796 g/mol. The van der Waals surface area contributed by atoms with Gasteiger partial charge in [-0.3, -0.25) is 9.59 Å². The van der Waals surface area contributed by atoms with Crippen LogP contribution in [0.2, 0.25) is 0 Å². The lowest BCUT2D eigenvalue weighted by molar-refractivity contribution is -0.122. The molecule has 9 N–H and O–H groups in total. The molecule has 0 aromatic carbocycles. The largest absolute Gasteiger partial charge is 0.356 e. The third-order valence-corrected chi connectivity index (χ3v) is 10.8. The zero-order valence-corrected chi connectivity index (χ0v) is 37.9. The van der Waals surface area contributed by atoms with E-state index in [1.165, 1.54) is 148 Å². The van der Waals surface area contributed by atoms with Crippen molar-refractivity contribution in [1.82, 2.24) is 20.9 Å². The normalized spacial score (nSPS) is 11.2. The fourth-order valence-corrected chi connectivity index (χ4v) is 7.05. The van der Waals surface area contributed by atoms with Crippen LogP contribution in [0.4, 0.5) is 0 Å². The quantitative estimate of drug-likeness (QED) is 0.0336. The minimum absolute atomic E-state index is 0.177. The molecule has 0 bridgehead atoms. The number of hydrogen-bond donors (Lipinski definition) is 6.